The molecule has 1 saturated heterocycles. The molecule has 2 atom stereocenters. The smallest absolute Gasteiger partial charge is 0.320 e. The average molecular weight is 161 g/mol. The van der Waals surface area contributed by atoms with Crippen LogP contribution < -0.4 is 0 Å². The van der Waals surface area contributed by atoms with E-state index in [2.05, 4.69) is 12.6 Å². The third-order valence-electron chi connectivity index (χ3n) is 1.81. The van der Waals surface area contributed by atoms with Gasteiger partial charge in [0.25, 0.3) is 0 Å². The van der Waals surface area contributed by atoms with Gasteiger partial charge in [0.15, 0.2) is 0 Å². The van der Waals surface area contributed by atoms with Crippen LogP contribution in [0, 0.1) is 0 Å². The lowest BCUT2D eigenvalue weighted by molar-refractivity contribution is -0.141. The largest absolute Gasteiger partial charge is 0.480 e. The maximum absolute atomic E-state index is 10.5. The summed E-state index contributed by atoms with van der Waals surface area (Å²) >= 11 is 4.20. The Bertz CT molecular complexity index is 151. The molecule has 1 rings (SSSR count). The number of carboxylic acids is 1. The van der Waals surface area contributed by atoms with Gasteiger partial charge in [-0.05, 0) is 13.5 Å². The average Bonchev–Trinajstić information content (AvgIpc) is 2.10. The molecule has 1 heterocycles. The number of hydrogen-bond donors (Lipinski definition) is 2. The van der Waals surface area contributed by atoms with Crippen LogP contribution in [0.25, 0.3) is 0 Å². The second-order valence-corrected chi connectivity index (χ2v) is 3.41. The number of nitrogens with zero attached hydrogens (tertiary/aromatic N) is 1. The van der Waals surface area contributed by atoms with Crippen LogP contribution >= 0.6 is 12.6 Å². The molecular formula is C6H11NO2S. The lowest BCUT2D eigenvalue weighted by Gasteiger charge is -2.13. The molecule has 0 aromatic carbocycles. The molecule has 0 amide bonds. The maximum Gasteiger partial charge on any atom is 0.320 e. The van der Waals surface area contributed by atoms with Crippen LogP contribution in [0.2, 0.25) is 0 Å². The summed E-state index contributed by atoms with van der Waals surface area (Å²) in [6.45, 7) is 0.778. The Labute approximate surface area is 65.4 Å². The molecule has 0 spiro atoms. The molecule has 10 heavy (non-hydrogen) atoms. The number of hydrogen-bond acceptors (Lipinski definition) is 3. The van der Waals surface area contributed by atoms with E-state index in [1.165, 1.54) is 0 Å². The van der Waals surface area contributed by atoms with Crippen molar-refractivity contribution in [2.24, 2.45) is 0 Å². The zero-order valence-electron chi connectivity index (χ0n) is 5.82. The second kappa shape index (κ2) is 2.80. The molecule has 0 unspecified atom stereocenters. The van der Waals surface area contributed by atoms with E-state index >= 15 is 0 Å². The molecule has 0 radical (unpaired) electrons. The SMILES string of the molecule is CN1C[C@@H](S)C[C@H]1C(=O)O. The Morgan fingerprint density at radius 2 is 2.40 bits per heavy atom. The van der Waals surface area contributed by atoms with Gasteiger partial charge in [0.1, 0.15) is 6.04 Å². The van der Waals surface area contributed by atoms with Crippen LogP contribution in [-0.4, -0.2) is 40.9 Å². The predicted octanol–water partition coefficient (Wildman–Crippen LogP) is 0.0735. The van der Waals surface area contributed by atoms with Crippen LogP contribution in [-0.2, 0) is 4.79 Å². The van der Waals surface area contributed by atoms with Gasteiger partial charge in [-0.25, -0.2) is 0 Å². The van der Waals surface area contributed by atoms with Gasteiger partial charge in [-0.3, -0.25) is 9.69 Å². The fourth-order valence-electron chi connectivity index (χ4n) is 1.26. The van der Waals surface area contributed by atoms with Crippen LogP contribution in [0.3, 0.4) is 0 Å². The standard InChI is InChI=1S/C6H11NO2S/c1-7-3-4(10)2-5(7)6(8)9/h4-5,10H,2-3H2,1H3,(H,8,9)/t4-,5-/m0/s1. The molecule has 0 aliphatic carbocycles. The highest BCUT2D eigenvalue weighted by molar-refractivity contribution is 7.81. The van der Waals surface area contributed by atoms with Gasteiger partial charge in [-0.2, -0.15) is 12.6 Å². The van der Waals surface area contributed by atoms with Crippen molar-refractivity contribution < 1.29 is 9.90 Å². The van der Waals surface area contributed by atoms with Gasteiger partial charge in [0.05, 0.1) is 0 Å². The number of likely N-dealkylation sites (tertiary alicyclic amines) is 1. The van der Waals surface area contributed by atoms with Gasteiger partial charge < -0.3 is 5.11 Å². The molecule has 1 fully saturated rings. The van der Waals surface area contributed by atoms with Crippen LogP contribution in [0.4, 0.5) is 0 Å². The van der Waals surface area contributed by atoms with E-state index in [1.54, 1.807) is 0 Å². The summed E-state index contributed by atoms with van der Waals surface area (Å²) < 4.78 is 0. The topological polar surface area (TPSA) is 40.5 Å². The fraction of sp³-hybridized carbons (Fsp3) is 0.833. The Hall–Kier alpha value is -0.220. The summed E-state index contributed by atoms with van der Waals surface area (Å²) in [7, 11) is 1.81. The Kier molecular flexibility index (Phi) is 2.21. The molecule has 4 heteroatoms. The van der Waals surface area contributed by atoms with Crippen molar-refractivity contribution in [2.45, 2.75) is 17.7 Å². The predicted molar refractivity (Wildman–Crippen MR) is 41.4 cm³/mol. The number of aliphatic carboxylic acids is 1. The molecule has 1 aliphatic rings. The van der Waals surface area contributed by atoms with E-state index in [0.717, 1.165) is 6.54 Å². The van der Waals surface area contributed by atoms with E-state index in [0.29, 0.717) is 6.42 Å². The van der Waals surface area contributed by atoms with Gasteiger partial charge in [-0.1, -0.05) is 0 Å². The molecule has 1 aliphatic heterocycles. The van der Waals surface area contributed by atoms with Crippen LogP contribution in [0.5, 0.6) is 0 Å². The lowest BCUT2D eigenvalue weighted by Crippen LogP contribution is -2.32. The number of carbonyl (C=O) groups is 1. The Morgan fingerprint density at radius 1 is 1.80 bits per heavy atom. The molecule has 0 saturated carbocycles. The second-order valence-electron chi connectivity index (χ2n) is 2.68. The lowest BCUT2D eigenvalue weighted by atomic mass is 10.2. The van der Waals surface area contributed by atoms with Crippen molar-refractivity contribution >= 4 is 18.6 Å². The highest BCUT2D eigenvalue weighted by atomic mass is 32.1. The van der Waals surface area contributed by atoms with Gasteiger partial charge in [-0.15, -0.1) is 0 Å². The Balaban J connectivity index is 2.54. The van der Waals surface area contributed by atoms with E-state index in [9.17, 15) is 4.79 Å². The zero-order valence-corrected chi connectivity index (χ0v) is 6.71. The molecule has 58 valence electrons. The van der Waals surface area contributed by atoms with E-state index in [-0.39, 0.29) is 11.3 Å². The molecule has 0 aromatic rings. The monoisotopic (exact) mass is 161 g/mol. The van der Waals surface area contributed by atoms with Gasteiger partial charge in [0, 0.05) is 11.8 Å². The summed E-state index contributed by atoms with van der Waals surface area (Å²) in [5.74, 6) is -0.737. The number of likely N-dealkylation sites (N-methyl/N-ethyl adjacent to an activating group) is 1. The first-order valence-electron chi connectivity index (χ1n) is 3.22. The van der Waals surface area contributed by atoms with E-state index < -0.39 is 5.97 Å². The number of rotatable bonds is 1. The Morgan fingerprint density at radius 3 is 2.60 bits per heavy atom. The zero-order chi connectivity index (χ0) is 7.72. The minimum absolute atomic E-state index is 0.228. The summed E-state index contributed by atoms with van der Waals surface area (Å²) in [5, 5.41) is 8.85. The van der Waals surface area contributed by atoms with E-state index in [4.69, 9.17) is 5.11 Å². The molecular weight excluding hydrogens is 150 g/mol. The van der Waals surface area contributed by atoms with Gasteiger partial charge >= 0.3 is 5.97 Å². The molecule has 0 bridgehead atoms. The summed E-state index contributed by atoms with van der Waals surface area (Å²) in [4.78, 5) is 12.3. The maximum atomic E-state index is 10.5. The van der Waals surface area contributed by atoms with Crippen molar-refractivity contribution in [3.05, 3.63) is 0 Å². The first-order chi connectivity index (χ1) is 4.61. The van der Waals surface area contributed by atoms with Crippen molar-refractivity contribution in [1.29, 1.82) is 0 Å². The highest BCUT2D eigenvalue weighted by Crippen LogP contribution is 2.19. The van der Waals surface area contributed by atoms with Crippen molar-refractivity contribution in [3.8, 4) is 0 Å². The fourth-order valence-corrected chi connectivity index (χ4v) is 1.72. The summed E-state index contributed by atoms with van der Waals surface area (Å²) in [6, 6.07) is -0.317. The third kappa shape index (κ3) is 1.44. The van der Waals surface area contributed by atoms with Crippen LogP contribution in [0.1, 0.15) is 6.42 Å². The van der Waals surface area contributed by atoms with Gasteiger partial charge in [0.2, 0.25) is 0 Å². The first kappa shape index (κ1) is 7.88. The summed E-state index contributed by atoms with van der Waals surface area (Å²) in [6.07, 6.45) is 0.662. The molecule has 1 N–H and O–H groups in total. The first-order valence-corrected chi connectivity index (χ1v) is 3.74. The summed E-state index contributed by atoms with van der Waals surface area (Å²) in [5.41, 5.74) is 0. The number of carboxylic acid groups (broad SMARTS) is 1. The quantitative estimate of drug-likeness (QED) is 0.535. The van der Waals surface area contributed by atoms with Crippen molar-refractivity contribution in [3.63, 3.8) is 0 Å². The van der Waals surface area contributed by atoms with Crippen LogP contribution in [0.15, 0.2) is 0 Å². The van der Waals surface area contributed by atoms with E-state index in [1.807, 2.05) is 11.9 Å². The minimum Gasteiger partial charge on any atom is -0.480 e. The normalized spacial score (nSPS) is 34.6. The highest BCUT2D eigenvalue weighted by Gasteiger charge is 2.32. The molecule has 3 nitrogen and oxygen atoms in total. The molecule has 0 aromatic heterocycles. The minimum atomic E-state index is -0.737. The van der Waals surface area contributed by atoms with Crippen molar-refractivity contribution in [1.82, 2.24) is 4.90 Å². The van der Waals surface area contributed by atoms with Crippen molar-refractivity contribution in [2.75, 3.05) is 13.6 Å². The number of thiol groups is 1. The third-order valence-corrected chi connectivity index (χ3v) is 2.19.